The molecule has 3 rings (SSSR count). The minimum atomic E-state index is -1.12. The first-order valence-electron chi connectivity index (χ1n) is 14.9. The van der Waals surface area contributed by atoms with Gasteiger partial charge in [0.05, 0.1) is 18.1 Å². The van der Waals surface area contributed by atoms with Crippen LogP contribution in [0.3, 0.4) is 0 Å². The third-order valence-electron chi connectivity index (χ3n) is 6.98. The van der Waals surface area contributed by atoms with Crippen LogP contribution in [0, 0.1) is 11.8 Å². The molecule has 0 radical (unpaired) electrons. The van der Waals surface area contributed by atoms with Crippen LogP contribution in [0.2, 0.25) is 5.02 Å². The van der Waals surface area contributed by atoms with Crippen LogP contribution >= 0.6 is 11.6 Å². The van der Waals surface area contributed by atoms with Gasteiger partial charge in [0.1, 0.15) is 17.9 Å². The number of cyclic esters (lactones) is 2. The average Bonchev–Trinajstić information content (AvgIpc) is 2.99. The van der Waals surface area contributed by atoms with Crippen LogP contribution in [0.1, 0.15) is 51.7 Å². The number of nitrogens with one attached hydrogen (secondary N) is 2. The highest BCUT2D eigenvalue weighted by Crippen LogP contribution is 2.26. The van der Waals surface area contributed by atoms with Crippen molar-refractivity contribution in [3.8, 4) is 5.75 Å². The molecule has 0 saturated carbocycles. The summed E-state index contributed by atoms with van der Waals surface area (Å²) < 4.78 is 16.9. The number of rotatable bonds is 8. The lowest BCUT2D eigenvalue weighted by Gasteiger charge is -2.26. The molecule has 0 aromatic heterocycles. The number of hydrogen-bond acceptors (Lipinski definition) is 7. The van der Waals surface area contributed by atoms with Crippen LogP contribution in [0.5, 0.6) is 5.75 Å². The molecular weight excluding hydrogens is 584 g/mol. The second kappa shape index (κ2) is 17.3. The van der Waals surface area contributed by atoms with E-state index in [1.165, 1.54) is 6.08 Å². The monoisotopic (exact) mass is 624 g/mol. The van der Waals surface area contributed by atoms with E-state index in [-0.39, 0.29) is 37.6 Å². The molecule has 0 saturated heterocycles. The van der Waals surface area contributed by atoms with Gasteiger partial charge in [0.15, 0.2) is 0 Å². The second-order valence-corrected chi connectivity index (χ2v) is 11.3. The maximum absolute atomic E-state index is 13.2. The van der Waals surface area contributed by atoms with Crippen LogP contribution in [0.4, 0.5) is 0 Å². The van der Waals surface area contributed by atoms with Crippen molar-refractivity contribution in [2.45, 2.75) is 65.2 Å². The number of carbonyl (C=O) groups excluding carboxylic acids is 4. The van der Waals surface area contributed by atoms with E-state index in [0.29, 0.717) is 22.9 Å². The Kier molecular flexibility index (Phi) is 13.5. The van der Waals surface area contributed by atoms with Crippen LogP contribution in [-0.4, -0.2) is 55.2 Å². The highest BCUT2D eigenvalue weighted by Gasteiger charge is 2.31. The molecule has 0 bridgehead atoms. The topological polar surface area (TPSA) is 120 Å². The molecule has 4 atom stereocenters. The lowest BCUT2D eigenvalue weighted by atomic mass is 9.99. The quantitative estimate of drug-likeness (QED) is 0.394. The van der Waals surface area contributed by atoms with Gasteiger partial charge in [0, 0.05) is 31.2 Å². The Bertz CT molecular complexity index is 1340. The zero-order valence-electron chi connectivity index (χ0n) is 25.6. The van der Waals surface area contributed by atoms with Crippen LogP contribution in [0.15, 0.2) is 66.8 Å². The SMILES string of the molecule is CCOc1ccc(C[C@H]2NC(=O)/C=C/C[C@@H](C(C)/C=C/c3ccccc3)OC(=O)C(C(C)C)OC(=O)CCNC2=O)cc1Cl. The molecule has 1 aliphatic rings. The van der Waals surface area contributed by atoms with Gasteiger partial charge in [-0.15, -0.1) is 0 Å². The summed E-state index contributed by atoms with van der Waals surface area (Å²) in [5.74, 6) is -2.35. The molecule has 1 heterocycles. The van der Waals surface area contributed by atoms with Crippen LogP contribution in [0.25, 0.3) is 6.08 Å². The van der Waals surface area contributed by atoms with E-state index in [1.54, 1.807) is 38.1 Å². The highest BCUT2D eigenvalue weighted by molar-refractivity contribution is 6.32. The van der Waals surface area contributed by atoms with E-state index < -0.39 is 42.0 Å². The Hall–Kier alpha value is -4.11. The van der Waals surface area contributed by atoms with E-state index in [9.17, 15) is 19.2 Å². The van der Waals surface area contributed by atoms with E-state index in [2.05, 4.69) is 10.6 Å². The highest BCUT2D eigenvalue weighted by atomic mass is 35.5. The number of benzene rings is 2. The fourth-order valence-corrected chi connectivity index (χ4v) is 4.78. The van der Waals surface area contributed by atoms with Gasteiger partial charge in [-0.3, -0.25) is 14.4 Å². The Labute approximate surface area is 264 Å². The molecular formula is C34H41ClN2O7. The summed E-state index contributed by atoms with van der Waals surface area (Å²) in [5.41, 5.74) is 1.70. The summed E-state index contributed by atoms with van der Waals surface area (Å²) in [5, 5.41) is 5.81. The number of hydrogen-bond donors (Lipinski definition) is 2. The number of amides is 2. The predicted octanol–water partition coefficient (Wildman–Crippen LogP) is 5.06. The van der Waals surface area contributed by atoms with Crippen molar-refractivity contribution in [3.63, 3.8) is 0 Å². The normalized spacial score (nSPS) is 22.1. The maximum atomic E-state index is 13.2. The lowest BCUT2D eigenvalue weighted by molar-refractivity contribution is -0.175. The molecule has 0 spiro atoms. The van der Waals surface area contributed by atoms with E-state index in [1.807, 2.05) is 56.3 Å². The predicted molar refractivity (Wildman–Crippen MR) is 169 cm³/mol. The molecule has 2 aromatic carbocycles. The van der Waals surface area contributed by atoms with Crippen LogP contribution in [-0.2, 0) is 35.1 Å². The van der Waals surface area contributed by atoms with Crippen molar-refractivity contribution in [2.24, 2.45) is 11.8 Å². The van der Waals surface area contributed by atoms with Crippen molar-refractivity contribution in [1.29, 1.82) is 0 Å². The van der Waals surface area contributed by atoms with Gasteiger partial charge in [-0.1, -0.05) is 87.0 Å². The number of carbonyl (C=O) groups is 4. The molecule has 0 aliphatic carbocycles. The summed E-state index contributed by atoms with van der Waals surface area (Å²) in [4.78, 5) is 51.9. The third-order valence-corrected chi connectivity index (χ3v) is 7.27. The van der Waals surface area contributed by atoms with Gasteiger partial charge in [0.25, 0.3) is 0 Å². The molecule has 2 aromatic rings. The molecule has 2 amide bonds. The smallest absolute Gasteiger partial charge is 0.348 e. The number of ether oxygens (including phenoxy) is 3. The Morgan fingerprint density at radius 2 is 1.80 bits per heavy atom. The van der Waals surface area contributed by atoms with Gasteiger partial charge in [-0.25, -0.2) is 4.79 Å². The zero-order chi connectivity index (χ0) is 32.1. The molecule has 9 nitrogen and oxygen atoms in total. The number of esters is 2. The summed E-state index contributed by atoms with van der Waals surface area (Å²) in [6.45, 7) is 7.68. The van der Waals surface area contributed by atoms with Crippen LogP contribution < -0.4 is 15.4 Å². The van der Waals surface area contributed by atoms with Crippen molar-refractivity contribution in [1.82, 2.24) is 10.6 Å². The second-order valence-electron chi connectivity index (χ2n) is 10.9. The summed E-state index contributed by atoms with van der Waals surface area (Å²) in [6, 6.07) is 13.9. The average molecular weight is 625 g/mol. The van der Waals surface area contributed by atoms with Gasteiger partial charge in [0.2, 0.25) is 17.9 Å². The van der Waals surface area contributed by atoms with Crippen molar-refractivity contribution < 1.29 is 33.4 Å². The minimum absolute atomic E-state index is 0.0479. The minimum Gasteiger partial charge on any atom is -0.492 e. The fourth-order valence-electron chi connectivity index (χ4n) is 4.52. The third kappa shape index (κ3) is 10.9. The van der Waals surface area contributed by atoms with Crippen molar-refractivity contribution >= 4 is 41.4 Å². The summed E-state index contributed by atoms with van der Waals surface area (Å²) in [6.07, 6.45) is 5.21. The zero-order valence-corrected chi connectivity index (χ0v) is 26.3. The fraction of sp³-hybridized carbons (Fsp3) is 0.412. The largest absolute Gasteiger partial charge is 0.492 e. The first kappa shape index (κ1) is 34.4. The first-order chi connectivity index (χ1) is 21.1. The van der Waals surface area contributed by atoms with Crippen molar-refractivity contribution in [3.05, 3.63) is 82.9 Å². The lowest BCUT2D eigenvalue weighted by Crippen LogP contribution is -2.48. The van der Waals surface area contributed by atoms with Gasteiger partial charge < -0.3 is 24.8 Å². The van der Waals surface area contributed by atoms with Gasteiger partial charge in [-0.2, -0.15) is 0 Å². The molecule has 2 N–H and O–H groups in total. The summed E-state index contributed by atoms with van der Waals surface area (Å²) in [7, 11) is 0. The molecule has 1 aliphatic heterocycles. The van der Waals surface area contributed by atoms with E-state index >= 15 is 0 Å². The molecule has 236 valence electrons. The van der Waals surface area contributed by atoms with Gasteiger partial charge >= 0.3 is 11.9 Å². The van der Waals surface area contributed by atoms with Gasteiger partial charge in [-0.05, 0) is 36.3 Å². The van der Waals surface area contributed by atoms with Crippen molar-refractivity contribution in [2.75, 3.05) is 13.2 Å². The van der Waals surface area contributed by atoms with E-state index in [0.717, 1.165) is 5.56 Å². The standard InChI is InChI=1S/C34H41ClN2O7/c1-5-42-29-17-16-25(20-26(29)35)21-27-33(40)36-19-18-31(39)44-32(22(2)3)34(41)43-28(12-9-13-30(38)37-27)23(4)14-15-24-10-7-6-8-11-24/h6-11,13-17,20,22-23,27-28,32H,5,12,18-19,21H2,1-4H3,(H,36,40)(H,37,38)/b13-9+,15-14+/t23?,27-,28+,32?/m1/s1. The molecule has 44 heavy (non-hydrogen) atoms. The Balaban J connectivity index is 1.84. The Morgan fingerprint density at radius 3 is 2.48 bits per heavy atom. The molecule has 0 fully saturated rings. The van der Waals surface area contributed by atoms with E-state index in [4.69, 9.17) is 25.8 Å². The first-order valence-corrected chi connectivity index (χ1v) is 15.2. The Morgan fingerprint density at radius 1 is 1.05 bits per heavy atom. The molecule has 10 heteroatoms. The molecule has 2 unspecified atom stereocenters. The summed E-state index contributed by atoms with van der Waals surface area (Å²) >= 11 is 6.34. The maximum Gasteiger partial charge on any atom is 0.348 e. The number of halogens is 1.